The van der Waals surface area contributed by atoms with E-state index in [2.05, 4.69) is 24.5 Å². The molecule has 0 aromatic heterocycles. The van der Waals surface area contributed by atoms with Crippen LogP contribution in [-0.2, 0) is 4.79 Å². The predicted octanol–water partition coefficient (Wildman–Crippen LogP) is 0.653. The second-order valence-corrected chi connectivity index (χ2v) is 5.36. The summed E-state index contributed by atoms with van der Waals surface area (Å²) in [5, 5.41) is 15.0. The van der Waals surface area contributed by atoms with Gasteiger partial charge in [-0.3, -0.25) is 4.79 Å². The van der Waals surface area contributed by atoms with Crippen LogP contribution in [0.15, 0.2) is 0 Å². The summed E-state index contributed by atoms with van der Waals surface area (Å²) < 4.78 is 0. The second-order valence-electron chi connectivity index (χ2n) is 5.36. The predicted molar refractivity (Wildman–Crippen MR) is 64.1 cm³/mol. The fourth-order valence-electron chi connectivity index (χ4n) is 2.00. The molecule has 0 radical (unpaired) electrons. The molecule has 0 spiro atoms. The maximum atomic E-state index is 11.7. The van der Waals surface area contributed by atoms with E-state index >= 15 is 0 Å². The number of carbonyl (C=O) groups excluding carboxylic acids is 1. The van der Waals surface area contributed by atoms with Crippen LogP contribution < -0.4 is 10.6 Å². The molecular formula is C12H24N2O2. The van der Waals surface area contributed by atoms with Gasteiger partial charge in [0.1, 0.15) is 0 Å². The lowest BCUT2D eigenvalue weighted by atomic mass is 9.88. The second kappa shape index (κ2) is 6.21. The average Bonchev–Trinajstić information content (AvgIpc) is 2.77. The lowest BCUT2D eigenvalue weighted by Gasteiger charge is -2.25. The van der Waals surface area contributed by atoms with E-state index in [1.807, 2.05) is 0 Å². The van der Waals surface area contributed by atoms with Crippen molar-refractivity contribution in [2.45, 2.75) is 45.6 Å². The normalized spacial score (nSPS) is 21.1. The Hall–Kier alpha value is -0.610. The van der Waals surface area contributed by atoms with Crippen molar-refractivity contribution in [3.05, 3.63) is 0 Å². The third-order valence-corrected chi connectivity index (χ3v) is 3.13. The third kappa shape index (κ3) is 4.49. The Balaban J connectivity index is 2.24. The minimum atomic E-state index is 0.00800. The molecule has 0 aromatic rings. The summed E-state index contributed by atoms with van der Waals surface area (Å²) in [6.45, 7) is 6.09. The van der Waals surface area contributed by atoms with Crippen LogP contribution >= 0.6 is 0 Å². The zero-order valence-electron chi connectivity index (χ0n) is 10.4. The Labute approximate surface area is 97.8 Å². The fraction of sp³-hybridized carbons (Fsp3) is 0.917. The van der Waals surface area contributed by atoms with Crippen LogP contribution in [0.3, 0.4) is 0 Å². The molecule has 0 unspecified atom stereocenters. The number of hydrogen-bond acceptors (Lipinski definition) is 3. The molecule has 1 atom stereocenters. The molecule has 3 N–H and O–H groups in total. The number of nitrogens with one attached hydrogen (secondary N) is 2. The number of amides is 1. The van der Waals surface area contributed by atoms with E-state index in [0.29, 0.717) is 6.54 Å². The minimum absolute atomic E-state index is 0.00800. The van der Waals surface area contributed by atoms with Crippen LogP contribution in [-0.4, -0.2) is 36.8 Å². The number of carbonyl (C=O) groups is 1. The highest BCUT2D eigenvalue weighted by Gasteiger charge is 2.24. The van der Waals surface area contributed by atoms with Gasteiger partial charge in [-0.15, -0.1) is 0 Å². The largest absolute Gasteiger partial charge is 0.396 e. The summed E-state index contributed by atoms with van der Waals surface area (Å²) in [6, 6.07) is 0.00800. The molecule has 4 heteroatoms. The van der Waals surface area contributed by atoms with Crippen LogP contribution in [0.4, 0.5) is 0 Å². The molecule has 0 aromatic carbocycles. The monoisotopic (exact) mass is 228 g/mol. The summed E-state index contributed by atoms with van der Waals surface area (Å²) in [5.41, 5.74) is 0.0665. The smallest absolute Gasteiger partial charge is 0.237 e. The van der Waals surface area contributed by atoms with Crippen molar-refractivity contribution >= 4 is 5.91 Å². The van der Waals surface area contributed by atoms with Gasteiger partial charge in [0, 0.05) is 13.2 Å². The van der Waals surface area contributed by atoms with Crippen molar-refractivity contribution in [1.29, 1.82) is 0 Å². The van der Waals surface area contributed by atoms with Crippen LogP contribution in [0.2, 0.25) is 0 Å². The summed E-state index contributed by atoms with van der Waals surface area (Å²) in [4.78, 5) is 11.7. The number of aliphatic hydroxyl groups is 1. The van der Waals surface area contributed by atoms with Crippen molar-refractivity contribution in [1.82, 2.24) is 10.6 Å². The summed E-state index contributed by atoms with van der Waals surface area (Å²) in [6.07, 6.45) is 3.77. The highest BCUT2D eigenvalue weighted by Crippen LogP contribution is 2.20. The van der Waals surface area contributed by atoms with E-state index in [1.165, 1.54) is 0 Å². The van der Waals surface area contributed by atoms with Gasteiger partial charge in [0.05, 0.1) is 6.04 Å². The highest BCUT2D eigenvalue weighted by atomic mass is 16.2. The van der Waals surface area contributed by atoms with E-state index in [-0.39, 0.29) is 24.0 Å². The van der Waals surface area contributed by atoms with Crippen molar-refractivity contribution in [2.75, 3.05) is 19.7 Å². The van der Waals surface area contributed by atoms with Gasteiger partial charge in [-0.1, -0.05) is 13.8 Å². The third-order valence-electron chi connectivity index (χ3n) is 3.13. The molecule has 16 heavy (non-hydrogen) atoms. The fourth-order valence-corrected chi connectivity index (χ4v) is 2.00. The molecule has 1 saturated heterocycles. The van der Waals surface area contributed by atoms with Gasteiger partial charge in [0.2, 0.25) is 5.91 Å². The van der Waals surface area contributed by atoms with Gasteiger partial charge in [-0.2, -0.15) is 0 Å². The van der Waals surface area contributed by atoms with Gasteiger partial charge in [0.15, 0.2) is 0 Å². The quantitative estimate of drug-likeness (QED) is 0.625. The molecule has 0 aliphatic carbocycles. The number of aliphatic hydroxyl groups excluding tert-OH is 1. The van der Waals surface area contributed by atoms with Gasteiger partial charge >= 0.3 is 0 Å². The van der Waals surface area contributed by atoms with Crippen LogP contribution in [0.25, 0.3) is 0 Å². The Kier molecular flexibility index (Phi) is 5.22. The number of rotatable bonds is 6. The van der Waals surface area contributed by atoms with Gasteiger partial charge < -0.3 is 15.7 Å². The topological polar surface area (TPSA) is 61.4 Å². The molecule has 1 amide bonds. The van der Waals surface area contributed by atoms with Crippen molar-refractivity contribution in [2.24, 2.45) is 5.41 Å². The Bertz CT molecular complexity index is 223. The van der Waals surface area contributed by atoms with Crippen molar-refractivity contribution in [3.8, 4) is 0 Å². The van der Waals surface area contributed by atoms with Crippen LogP contribution in [0.1, 0.15) is 39.5 Å². The van der Waals surface area contributed by atoms with Crippen LogP contribution in [0, 0.1) is 5.41 Å². The van der Waals surface area contributed by atoms with Crippen molar-refractivity contribution < 1.29 is 9.90 Å². The molecule has 0 saturated carbocycles. The molecule has 1 aliphatic heterocycles. The van der Waals surface area contributed by atoms with E-state index in [0.717, 1.165) is 32.2 Å². The zero-order valence-corrected chi connectivity index (χ0v) is 10.4. The lowest BCUT2D eigenvalue weighted by molar-refractivity contribution is -0.123. The van der Waals surface area contributed by atoms with E-state index < -0.39 is 0 Å². The molecule has 94 valence electrons. The van der Waals surface area contributed by atoms with E-state index in [4.69, 9.17) is 5.11 Å². The SMILES string of the molecule is CC(C)(CCCO)CNC(=O)[C@@H]1CCCN1. The van der Waals surface area contributed by atoms with Crippen molar-refractivity contribution in [3.63, 3.8) is 0 Å². The standard InChI is InChI=1S/C12H24N2O2/c1-12(2,6-4-8-15)9-14-11(16)10-5-3-7-13-10/h10,13,15H,3-9H2,1-2H3,(H,14,16)/t10-/m0/s1. The Morgan fingerprint density at radius 3 is 2.88 bits per heavy atom. The molecule has 0 bridgehead atoms. The Morgan fingerprint density at radius 2 is 2.31 bits per heavy atom. The zero-order chi connectivity index (χ0) is 12.0. The summed E-state index contributed by atoms with van der Waals surface area (Å²) in [7, 11) is 0. The van der Waals surface area contributed by atoms with E-state index in [9.17, 15) is 4.79 Å². The summed E-state index contributed by atoms with van der Waals surface area (Å²) >= 11 is 0. The van der Waals surface area contributed by atoms with E-state index in [1.54, 1.807) is 0 Å². The molecular weight excluding hydrogens is 204 g/mol. The molecule has 1 heterocycles. The maximum Gasteiger partial charge on any atom is 0.237 e. The molecule has 1 fully saturated rings. The molecule has 1 aliphatic rings. The summed E-state index contributed by atoms with van der Waals surface area (Å²) in [5.74, 6) is 0.120. The van der Waals surface area contributed by atoms with Gasteiger partial charge in [0.25, 0.3) is 0 Å². The first-order valence-corrected chi connectivity index (χ1v) is 6.17. The maximum absolute atomic E-state index is 11.7. The average molecular weight is 228 g/mol. The highest BCUT2D eigenvalue weighted by molar-refractivity contribution is 5.82. The Morgan fingerprint density at radius 1 is 1.56 bits per heavy atom. The first-order chi connectivity index (χ1) is 7.55. The molecule has 1 rings (SSSR count). The first kappa shape index (κ1) is 13.5. The number of hydrogen-bond donors (Lipinski definition) is 3. The lowest BCUT2D eigenvalue weighted by Crippen LogP contribution is -2.43. The molecule has 4 nitrogen and oxygen atoms in total. The van der Waals surface area contributed by atoms with Crippen LogP contribution in [0.5, 0.6) is 0 Å². The first-order valence-electron chi connectivity index (χ1n) is 6.17. The van der Waals surface area contributed by atoms with Gasteiger partial charge in [-0.25, -0.2) is 0 Å². The minimum Gasteiger partial charge on any atom is -0.396 e. The van der Waals surface area contributed by atoms with Gasteiger partial charge in [-0.05, 0) is 37.6 Å².